The number of rotatable bonds is 4. The largest absolute Gasteiger partial charge is 0.350 e. The van der Waals surface area contributed by atoms with Crippen molar-refractivity contribution >= 4 is 23.2 Å². The van der Waals surface area contributed by atoms with Gasteiger partial charge in [0.25, 0.3) is 5.56 Å². The molecule has 3 rings (SSSR count). The van der Waals surface area contributed by atoms with Crippen molar-refractivity contribution in [3.05, 3.63) is 44.6 Å². The fraction of sp³-hybridized carbons (Fsp3) is 0.471. The number of carbonyl (C=O) groups is 1. The van der Waals surface area contributed by atoms with E-state index in [-0.39, 0.29) is 17.6 Å². The van der Waals surface area contributed by atoms with Crippen molar-refractivity contribution in [1.82, 2.24) is 20.2 Å². The lowest BCUT2D eigenvalue weighted by Crippen LogP contribution is -2.51. The first-order valence-corrected chi connectivity index (χ1v) is 9.31. The van der Waals surface area contributed by atoms with Crippen LogP contribution in [-0.2, 0) is 13.6 Å². The molecule has 1 aliphatic rings. The van der Waals surface area contributed by atoms with Crippen LogP contribution in [0.2, 0.25) is 0 Å². The summed E-state index contributed by atoms with van der Waals surface area (Å²) in [4.78, 5) is 30.6. The topological polar surface area (TPSA) is 79.3 Å². The summed E-state index contributed by atoms with van der Waals surface area (Å²) in [5, 5.41) is 10.0. The second-order valence-corrected chi connectivity index (χ2v) is 7.10. The third-order valence-corrected chi connectivity index (χ3v) is 5.37. The van der Waals surface area contributed by atoms with E-state index < -0.39 is 0 Å². The maximum absolute atomic E-state index is 12.2. The van der Waals surface area contributed by atoms with Crippen LogP contribution >= 0.6 is 11.3 Å². The molecule has 1 unspecified atom stereocenters. The Morgan fingerprint density at radius 1 is 1.44 bits per heavy atom. The van der Waals surface area contributed by atoms with E-state index >= 15 is 0 Å². The zero-order valence-corrected chi connectivity index (χ0v) is 15.3. The van der Waals surface area contributed by atoms with Gasteiger partial charge in [-0.3, -0.25) is 4.79 Å². The number of urea groups is 1. The fourth-order valence-corrected chi connectivity index (χ4v) is 3.83. The van der Waals surface area contributed by atoms with Crippen LogP contribution in [0.25, 0.3) is 0 Å². The first-order valence-electron chi connectivity index (χ1n) is 8.37. The van der Waals surface area contributed by atoms with Gasteiger partial charge in [0.1, 0.15) is 0 Å². The van der Waals surface area contributed by atoms with Crippen molar-refractivity contribution in [3.63, 3.8) is 0 Å². The van der Waals surface area contributed by atoms with E-state index in [9.17, 15) is 9.59 Å². The number of thiophene rings is 1. The van der Waals surface area contributed by atoms with Gasteiger partial charge >= 0.3 is 6.03 Å². The number of piperidine rings is 1. The number of aryl methyl sites for hydroxylation is 2. The molecule has 2 N–H and O–H groups in total. The Hall–Kier alpha value is -2.35. The highest BCUT2D eigenvalue weighted by Gasteiger charge is 2.24. The Kier molecular flexibility index (Phi) is 5.37. The predicted octanol–water partition coefficient (Wildman–Crippen LogP) is 1.62. The molecule has 8 heteroatoms. The van der Waals surface area contributed by atoms with E-state index in [4.69, 9.17) is 0 Å². The Morgan fingerprint density at radius 3 is 3.04 bits per heavy atom. The summed E-state index contributed by atoms with van der Waals surface area (Å²) in [5.74, 6) is 0.450. The van der Waals surface area contributed by atoms with Gasteiger partial charge in [-0.25, -0.2) is 9.78 Å². The summed E-state index contributed by atoms with van der Waals surface area (Å²) in [5.41, 5.74) is 2.23. The van der Waals surface area contributed by atoms with Gasteiger partial charge < -0.3 is 20.1 Å². The predicted molar refractivity (Wildman–Crippen MR) is 99.1 cm³/mol. The Labute approximate surface area is 150 Å². The smallest absolute Gasteiger partial charge is 0.315 e. The van der Waals surface area contributed by atoms with Crippen LogP contribution in [0, 0.1) is 6.92 Å². The lowest BCUT2D eigenvalue weighted by atomic mass is 10.1. The average molecular weight is 361 g/mol. The SMILES string of the molecule is Cc1cscc1CNC(=O)NC1CCCN(c2nccn(C)c2=O)C1. The number of hydrogen-bond acceptors (Lipinski definition) is 5. The minimum absolute atomic E-state index is 0.00374. The highest BCUT2D eigenvalue weighted by atomic mass is 32.1. The Balaban J connectivity index is 1.56. The van der Waals surface area contributed by atoms with Crippen molar-refractivity contribution in [2.45, 2.75) is 32.4 Å². The summed E-state index contributed by atoms with van der Waals surface area (Å²) in [6.45, 7) is 3.94. The first-order chi connectivity index (χ1) is 12.0. The Morgan fingerprint density at radius 2 is 2.28 bits per heavy atom. The molecular weight excluding hydrogens is 338 g/mol. The number of amides is 2. The highest BCUT2D eigenvalue weighted by Crippen LogP contribution is 2.15. The van der Waals surface area contributed by atoms with Crippen LogP contribution < -0.4 is 21.1 Å². The van der Waals surface area contributed by atoms with Crippen LogP contribution in [0.3, 0.4) is 0 Å². The van der Waals surface area contributed by atoms with Gasteiger partial charge in [-0.05, 0) is 41.7 Å². The maximum Gasteiger partial charge on any atom is 0.315 e. The third-order valence-electron chi connectivity index (χ3n) is 4.46. The number of aromatic nitrogens is 2. The summed E-state index contributed by atoms with van der Waals surface area (Å²) >= 11 is 1.64. The molecule has 1 saturated heterocycles. The van der Waals surface area contributed by atoms with Crippen molar-refractivity contribution in [3.8, 4) is 0 Å². The lowest BCUT2D eigenvalue weighted by molar-refractivity contribution is 0.234. The molecule has 25 heavy (non-hydrogen) atoms. The van der Waals surface area contributed by atoms with Gasteiger partial charge in [-0.2, -0.15) is 11.3 Å². The average Bonchev–Trinajstić information content (AvgIpc) is 3.01. The van der Waals surface area contributed by atoms with E-state index in [0.717, 1.165) is 24.9 Å². The number of anilines is 1. The van der Waals surface area contributed by atoms with Gasteiger partial charge in [-0.1, -0.05) is 0 Å². The molecule has 1 aliphatic heterocycles. The molecule has 2 aromatic rings. The number of nitrogens with zero attached hydrogens (tertiary/aromatic N) is 3. The number of hydrogen-bond donors (Lipinski definition) is 2. The molecule has 0 aromatic carbocycles. The summed E-state index contributed by atoms with van der Waals surface area (Å²) in [6, 6.07) is -0.171. The van der Waals surface area contributed by atoms with E-state index in [1.807, 2.05) is 11.8 Å². The quantitative estimate of drug-likeness (QED) is 0.867. The molecule has 0 aliphatic carbocycles. The van der Waals surface area contributed by atoms with Gasteiger partial charge in [0, 0.05) is 45.1 Å². The van der Waals surface area contributed by atoms with Gasteiger partial charge in [0.05, 0.1) is 0 Å². The van der Waals surface area contributed by atoms with E-state index in [0.29, 0.717) is 18.9 Å². The van der Waals surface area contributed by atoms with Crippen LogP contribution in [0.1, 0.15) is 24.0 Å². The minimum Gasteiger partial charge on any atom is -0.350 e. The maximum atomic E-state index is 12.2. The van der Waals surface area contributed by atoms with Gasteiger partial charge in [-0.15, -0.1) is 0 Å². The highest BCUT2D eigenvalue weighted by molar-refractivity contribution is 7.08. The number of carbonyl (C=O) groups excluding carboxylic acids is 1. The molecule has 1 fully saturated rings. The lowest BCUT2D eigenvalue weighted by Gasteiger charge is -2.33. The molecule has 134 valence electrons. The van der Waals surface area contributed by atoms with Crippen molar-refractivity contribution in [1.29, 1.82) is 0 Å². The summed E-state index contributed by atoms with van der Waals surface area (Å²) in [7, 11) is 1.72. The van der Waals surface area contributed by atoms with Gasteiger partial charge in [0.2, 0.25) is 0 Å². The summed E-state index contributed by atoms with van der Waals surface area (Å²) in [6.07, 6.45) is 5.08. The fourth-order valence-electron chi connectivity index (χ4n) is 2.97. The van der Waals surface area contributed by atoms with Crippen molar-refractivity contribution in [2.75, 3.05) is 18.0 Å². The molecule has 0 saturated carbocycles. The van der Waals surface area contributed by atoms with E-state index in [1.54, 1.807) is 30.8 Å². The second kappa shape index (κ2) is 7.69. The monoisotopic (exact) mass is 361 g/mol. The molecular formula is C17H23N5O2S. The van der Waals surface area contributed by atoms with Crippen molar-refractivity contribution < 1.29 is 4.79 Å². The van der Waals surface area contributed by atoms with Crippen molar-refractivity contribution in [2.24, 2.45) is 7.05 Å². The van der Waals surface area contributed by atoms with Crippen LogP contribution in [-0.4, -0.2) is 34.7 Å². The normalized spacial score (nSPS) is 17.4. The summed E-state index contributed by atoms with van der Waals surface area (Å²) < 4.78 is 1.52. The van der Waals surface area contributed by atoms with Gasteiger partial charge in [0.15, 0.2) is 5.82 Å². The zero-order chi connectivity index (χ0) is 17.8. The number of nitrogens with one attached hydrogen (secondary N) is 2. The first kappa shape index (κ1) is 17.5. The molecule has 7 nitrogen and oxygen atoms in total. The molecule has 3 heterocycles. The molecule has 0 radical (unpaired) electrons. The van der Waals surface area contributed by atoms with Crippen LogP contribution in [0.5, 0.6) is 0 Å². The molecule has 2 amide bonds. The third kappa shape index (κ3) is 4.19. The standard InChI is InChI=1S/C17H23N5O2S/c1-12-10-25-11-13(12)8-19-17(24)20-14-4-3-6-22(9-14)15-16(23)21(2)7-5-18-15/h5,7,10-11,14H,3-4,6,8-9H2,1-2H3,(H2,19,20,24). The van der Waals surface area contributed by atoms with Crippen LogP contribution in [0.4, 0.5) is 10.6 Å². The van der Waals surface area contributed by atoms with Crippen LogP contribution in [0.15, 0.2) is 27.9 Å². The molecule has 0 spiro atoms. The second-order valence-electron chi connectivity index (χ2n) is 6.36. The molecule has 0 bridgehead atoms. The zero-order valence-electron chi connectivity index (χ0n) is 14.5. The molecule has 2 aromatic heterocycles. The van der Waals surface area contributed by atoms with E-state index in [2.05, 4.69) is 26.4 Å². The minimum atomic E-state index is -0.175. The van der Waals surface area contributed by atoms with E-state index in [1.165, 1.54) is 10.1 Å². The Bertz CT molecular complexity index is 800. The molecule has 1 atom stereocenters.